The first-order valence-electron chi connectivity index (χ1n) is 22.4. The summed E-state index contributed by atoms with van der Waals surface area (Å²) >= 11 is 0. The van der Waals surface area contributed by atoms with Gasteiger partial charge in [0.1, 0.15) is 0 Å². The second-order valence-corrected chi connectivity index (χ2v) is 16.9. The van der Waals surface area contributed by atoms with E-state index in [1.807, 2.05) is 12.2 Å². The topological polar surface area (TPSA) is 53.2 Å². The average molecular weight is 834 g/mol. The molecule has 0 aromatic rings. The predicted molar refractivity (Wildman–Crippen MR) is 264 cm³/mol. The highest BCUT2D eigenvalue weighted by molar-refractivity contribution is 5.11. The van der Waals surface area contributed by atoms with Crippen LogP contribution < -0.4 is 10.6 Å². The molecule has 0 atom stereocenters. The van der Waals surface area contributed by atoms with Crippen molar-refractivity contribution in [2.75, 3.05) is 160 Å². The molecule has 2 N–H and O–H groups in total. The fraction of sp³-hybridized carbons (Fsp3) is 0.633. The molecule has 1 saturated heterocycles. The highest BCUT2D eigenvalue weighted by Gasteiger charge is 2.17. The molecule has 11 nitrogen and oxygen atoms in total. The first-order valence-corrected chi connectivity index (χ1v) is 22.4. The molecule has 0 unspecified atom stereocenters. The zero-order chi connectivity index (χ0) is 45.0. The highest BCUT2D eigenvalue weighted by atomic mass is 15.3. The van der Waals surface area contributed by atoms with Crippen molar-refractivity contribution in [2.45, 2.75) is 46.0 Å². The van der Waals surface area contributed by atoms with Gasteiger partial charge in [0.25, 0.3) is 0 Å². The summed E-state index contributed by atoms with van der Waals surface area (Å²) in [7, 11) is 10.4. The van der Waals surface area contributed by atoms with Crippen LogP contribution in [0, 0.1) is 0 Å². The van der Waals surface area contributed by atoms with Crippen LogP contribution in [0.25, 0.3) is 0 Å². The van der Waals surface area contributed by atoms with Gasteiger partial charge in [0.15, 0.2) is 0 Å². The van der Waals surface area contributed by atoms with Crippen LogP contribution in [0.1, 0.15) is 46.0 Å². The molecular formula is C49H91N11. The van der Waals surface area contributed by atoms with Crippen molar-refractivity contribution in [2.24, 2.45) is 0 Å². The van der Waals surface area contributed by atoms with Crippen molar-refractivity contribution in [1.29, 1.82) is 0 Å². The zero-order valence-electron chi connectivity index (χ0n) is 40.0. The van der Waals surface area contributed by atoms with E-state index in [1.165, 1.54) is 25.7 Å². The van der Waals surface area contributed by atoms with Gasteiger partial charge in [0.2, 0.25) is 0 Å². The average Bonchev–Trinajstić information content (AvgIpc) is 3.20. The Morgan fingerprint density at radius 1 is 0.467 bits per heavy atom. The van der Waals surface area contributed by atoms with Crippen LogP contribution in [0.4, 0.5) is 0 Å². The third-order valence-corrected chi connectivity index (χ3v) is 11.6. The molecule has 1 heterocycles. The molecule has 1 rings (SSSR count). The van der Waals surface area contributed by atoms with Gasteiger partial charge < -0.3 is 40.0 Å². The third-order valence-electron chi connectivity index (χ3n) is 11.6. The molecule has 0 bridgehead atoms. The van der Waals surface area contributed by atoms with Crippen LogP contribution in [0.3, 0.4) is 0 Å². The lowest BCUT2D eigenvalue weighted by Crippen LogP contribution is -2.46. The van der Waals surface area contributed by atoms with Gasteiger partial charge in [-0.25, -0.2) is 0 Å². The van der Waals surface area contributed by atoms with Crippen molar-refractivity contribution >= 4 is 0 Å². The zero-order valence-corrected chi connectivity index (χ0v) is 40.0. The molecule has 0 radical (unpaired) electrons. The second kappa shape index (κ2) is 31.0. The summed E-state index contributed by atoms with van der Waals surface area (Å²) < 4.78 is 0. The number of unbranched alkanes of at least 4 members (excludes halogenated alkanes) is 3. The van der Waals surface area contributed by atoms with Gasteiger partial charge in [-0.3, -0.25) is 14.7 Å². The Kier molecular flexibility index (Phi) is 28.0. The first kappa shape index (κ1) is 54.1. The fourth-order valence-corrected chi connectivity index (χ4v) is 6.98. The van der Waals surface area contributed by atoms with Gasteiger partial charge >= 0.3 is 0 Å². The molecule has 0 spiro atoms. The Balaban J connectivity index is 2.52. The number of likely N-dealkylation sites (N-methyl/N-ethyl adjacent to an activating group) is 6. The lowest BCUT2D eigenvalue weighted by atomic mass is 10.2. The Morgan fingerprint density at radius 2 is 0.850 bits per heavy atom. The smallest absolute Gasteiger partial charge is 0.0566 e. The van der Waals surface area contributed by atoms with Crippen molar-refractivity contribution in [3.05, 3.63) is 111 Å². The lowest BCUT2D eigenvalue weighted by molar-refractivity contribution is 0.149. The van der Waals surface area contributed by atoms with Gasteiger partial charge in [-0.15, -0.1) is 13.2 Å². The van der Waals surface area contributed by atoms with E-state index in [1.54, 1.807) is 0 Å². The minimum Gasteiger partial charge on any atom is -0.387 e. The third kappa shape index (κ3) is 23.2. The molecule has 1 fully saturated rings. The van der Waals surface area contributed by atoms with E-state index < -0.39 is 0 Å². The van der Waals surface area contributed by atoms with Crippen LogP contribution in [0.5, 0.6) is 0 Å². The maximum absolute atomic E-state index is 4.42. The van der Waals surface area contributed by atoms with E-state index in [4.69, 9.17) is 0 Å². The SMILES string of the molecule is C=CCN1CCN(CC)CCN(CC(=C)NCCC(=C)N(C)CC(=C)N(C)CC(=C)N(C)CC(=C)N(C)CC(=C)N(C)CC(=C)NCCCCCC)CCN(CC=C)CC1. The molecule has 60 heavy (non-hydrogen) atoms. The van der Waals surface area contributed by atoms with E-state index in [2.05, 4.69) is 163 Å². The lowest BCUT2D eigenvalue weighted by Gasteiger charge is -2.34. The molecule has 1 aliphatic rings. The monoisotopic (exact) mass is 834 g/mol. The number of hydrogen-bond acceptors (Lipinski definition) is 11. The van der Waals surface area contributed by atoms with Crippen molar-refractivity contribution < 1.29 is 0 Å². The number of hydrogen-bond donors (Lipinski definition) is 2. The summed E-state index contributed by atoms with van der Waals surface area (Å²) in [5.41, 5.74) is 7.16. The van der Waals surface area contributed by atoms with Gasteiger partial charge in [-0.2, -0.15) is 0 Å². The summed E-state index contributed by atoms with van der Waals surface area (Å²) in [4.78, 5) is 21.0. The molecular weight excluding hydrogens is 743 g/mol. The quantitative estimate of drug-likeness (QED) is 0.0621. The Hall–Kier alpha value is -3.90. The summed E-state index contributed by atoms with van der Waals surface area (Å²) in [5.74, 6) is 0. The highest BCUT2D eigenvalue weighted by Crippen LogP contribution is 2.14. The first-order chi connectivity index (χ1) is 28.5. The molecule has 0 aliphatic carbocycles. The summed E-state index contributed by atoms with van der Waals surface area (Å²) in [6.07, 6.45) is 9.84. The van der Waals surface area contributed by atoms with E-state index in [-0.39, 0.29) is 0 Å². The normalized spacial score (nSPS) is 14.8. The molecule has 1 aliphatic heterocycles. The minimum atomic E-state index is 0.669. The Morgan fingerprint density at radius 3 is 1.27 bits per heavy atom. The van der Waals surface area contributed by atoms with Gasteiger partial charge in [0, 0.05) is 167 Å². The van der Waals surface area contributed by atoms with Gasteiger partial charge in [0.05, 0.1) is 32.7 Å². The van der Waals surface area contributed by atoms with Crippen LogP contribution in [0.15, 0.2) is 111 Å². The molecule has 0 amide bonds. The fourth-order valence-electron chi connectivity index (χ4n) is 6.98. The number of rotatable bonds is 32. The number of nitrogens with one attached hydrogen (secondary N) is 2. The van der Waals surface area contributed by atoms with Crippen LogP contribution in [0.2, 0.25) is 0 Å². The molecule has 11 heteroatoms. The van der Waals surface area contributed by atoms with E-state index in [0.717, 1.165) is 144 Å². The largest absolute Gasteiger partial charge is 0.387 e. The van der Waals surface area contributed by atoms with Crippen LogP contribution in [-0.4, -0.2) is 204 Å². The molecule has 0 aromatic heterocycles. The predicted octanol–water partition coefficient (Wildman–Crippen LogP) is 6.00. The van der Waals surface area contributed by atoms with Crippen molar-refractivity contribution in [3.8, 4) is 0 Å². The van der Waals surface area contributed by atoms with Gasteiger partial charge in [-0.1, -0.05) is 91.3 Å². The summed E-state index contributed by atoms with van der Waals surface area (Å²) in [5, 5.41) is 7.07. The molecule has 342 valence electrons. The Labute approximate surface area is 370 Å². The van der Waals surface area contributed by atoms with Crippen LogP contribution >= 0.6 is 0 Å². The number of nitrogens with zero attached hydrogens (tertiary/aromatic N) is 9. The van der Waals surface area contributed by atoms with Crippen LogP contribution in [-0.2, 0) is 0 Å². The van der Waals surface area contributed by atoms with Crippen molar-refractivity contribution in [1.82, 2.24) is 54.7 Å². The van der Waals surface area contributed by atoms with E-state index in [9.17, 15) is 0 Å². The van der Waals surface area contributed by atoms with Crippen molar-refractivity contribution in [3.63, 3.8) is 0 Å². The second-order valence-electron chi connectivity index (χ2n) is 16.9. The maximum atomic E-state index is 4.42. The van der Waals surface area contributed by atoms with Gasteiger partial charge in [-0.05, 0) is 13.0 Å². The molecule has 0 saturated carbocycles. The maximum Gasteiger partial charge on any atom is 0.0566 e. The Bertz CT molecular complexity index is 1350. The summed E-state index contributed by atoms with van der Waals surface area (Å²) in [6, 6.07) is 0. The standard InChI is InChI=1S/C49H91N11/c1-17-21-22-23-25-50-43(5)37-52(12)46(8)40-54(14)48(10)42-56(16)49(11)41-55(15)47(9)39-53(13)45(7)24-26-51-44(6)38-60-35-30-57(20-4)29-31-58(27-18-2)32-33-59(28-19-3)34-36-60/h18-19,50-51H,2-3,5-11,17,20-42H2,1,4,12-16H3. The summed E-state index contributed by atoms with van der Waals surface area (Å²) in [6.45, 7) is 60.3. The van der Waals surface area contributed by atoms with E-state index >= 15 is 0 Å². The minimum absolute atomic E-state index is 0.669. The molecule has 0 aromatic carbocycles. The van der Waals surface area contributed by atoms with E-state index in [0.29, 0.717) is 26.2 Å².